The lowest BCUT2D eigenvalue weighted by atomic mass is 10.3. The van der Waals surface area contributed by atoms with Crippen molar-refractivity contribution in [3.8, 4) is 0 Å². The number of aromatic nitrogens is 2. The molecular weight excluding hydrogens is 202 g/mol. The highest BCUT2D eigenvalue weighted by Crippen LogP contribution is 2.14. The molecule has 1 fully saturated rings. The first-order chi connectivity index (χ1) is 7.69. The molecule has 1 unspecified atom stereocenters. The minimum Gasteiger partial charge on any atom is -0.392 e. The third-order valence-electron chi connectivity index (χ3n) is 3.34. The summed E-state index contributed by atoms with van der Waals surface area (Å²) in [7, 11) is 0. The number of nitrogens with zero attached hydrogens (tertiary/aromatic N) is 3. The van der Waals surface area contributed by atoms with Crippen LogP contribution >= 0.6 is 0 Å². The lowest BCUT2D eigenvalue weighted by Gasteiger charge is -2.13. The van der Waals surface area contributed by atoms with Gasteiger partial charge in [-0.25, -0.2) is 0 Å². The number of hydrogen-bond donors (Lipinski definition) is 1. The number of likely N-dealkylation sites (tertiary alicyclic amines) is 1. The quantitative estimate of drug-likeness (QED) is 0.839. The molecule has 0 spiro atoms. The average molecular weight is 223 g/mol. The summed E-state index contributed by atoms with van der Waals surface area (Å²) in [5, 5.41) is 14.0. The van der Waals surface area contributed by atoms with Crippen molar-refractivity contribution in [3.63, 3.8) is 0 Å². The molecule has 0 radical (unpaired) electrons. The molecule has 1 aromatic rings. The maximum Gasteiger partial charge on any atom is 0.0764 e. The summed E-state index contributed by atoms with van der Waals surface area (Å²) in [6.45, 7) is 6.98. The van der Waals surface area contributed by atoms with E-state index in [4.69, 9.17) is 0 Å². The van der Waals surface area contributed by atoms with E-state index in [-0.39, 0.29) is 6.10 Å². The van der Waals surface area contributed by atoms with Crippen molar-refractivity contribution in [2.24, 2.45) is 0 Å². The molecule has 0 aromatic carbocycles. The molecule has 2 heterocycles. The van der Waals surface area contributed by atoms with Crippen LogP contribution in [0.3, 0.4) is 0 Å². The Morgan fingerprint density at radius 2 is 2.44 bits per heavy atom. The Balaban J connectivity index is 1.92. The molecule has 1 N–H and O–H groups in total. The van der Waals surface area contributed by atoms with Gasteiger partial charge in [0.15, 0.2) is 0 Å². The van der Waals surface area contributed by atoms with Crippen LogP contribution in [-0.4, -0.2) is 39.0 Å². The van der Waals surface area contributed by atoms with E-state index < -0.39 is 0 Å². The lowest BCUT2D eigenvalue weighted by molar-refractivity contribution is 0.174. The molecule has 1 aromatic heterocycles. The second kappa shape index (κ2) is 4.97. The third-order valence-corrected chi connectivity index (χ3v) is 3.34. The molecular formula is C12H21N3O. The number of β-amino-alcohol motifs (C(OH)–C–C–N with tert-alkyl or cyclic N) is 1. The summed E-state index contributed by atoms with van der Waals surface area (Å²) < 4.78 is 2.03. The van der Waals surface area contributed by atoms with Crippen LogP contribution in [-0.2, 0) is 6.54 Å². The van der Waals surface area contributed by atoms with Crippen molar-refractivity contribution in [3.05, 3.63) is 18.0 Å². The highest BCUT2D eigenvalue weighted by molar-refractivity contribution is 5.00. The molecule has 4 nitrogen and oxygen atoms in total. The van der Waals surface area contributed by atoms with E-state index in [0.717, 1.165) is 38.2 Å². The van der Waals surface area contributed by atoms with Gasteiger partial charge >= 0.3 is 0 Å². The van der Waals surface area contributed by atoms with Gasteiger partial charge in [-0.3, -0.25) is 9.58 Å². The predicted octanol–water partition coefficient (Wildman–Crippen LogP) is 1.42. The zero-order valence-corrected chi connectivity index (χ0v) is 10.1. The molecule has 2 atom stereocenters. The van der Waals surface area contributed by atoms with E-state index >= 15 is 0 Å². The molecule has 90 valence electrons. The van der Waals surface area contributed by atoms with Crippen LogP contribution in [0, 0.1) is 0 Å². The smallest absolute Gasteiger partial charge is 0.0764 e. The Hall–Kier alpha value is -0.870. The molecule has 0 amide bonds. The second-order valence-electron chi connectivity index (χ2n) is 4.72. The van der Waals surface area contributed by atoms with Crippen LogP contribution < -0.4 is 0 Å². The maximum atomic E-state index is 9.44. The second-order valence-corrected chi connectivity index (χ2v) is 4.72. The van der Waals surface area contributed by atoms with Crippen LogP contribution in [0.25, 0.3) is 0 Å². The van der Waals surface area contributed by atoms with Crippen LogP contribution in [0.2, 0.25) is 0 Å². The summed E-state index contributed by atoms with van der Waals surface area (Å²) in [5.74, 6) is 0. The van der Waals surface area contributed by atoms with E-state index in [1.165, 1.54) is 0 Å². The number of rotatable bonds is 4. The Bertz CT molecular complexity index is 337. The molecule has 1 saturated heterocycles. The largest absolute Gasteiger partial charge is 0.392 e. The van der Waals surface area contributed by atoms with E-state index in [2.05, 4.69) is 36.1 Å². The fourth-order valence-electron chi connectivity index (χ4n) is 2.08. The zero-order chi connectivity index (χ0) is 11.5. The standard InChI is InChI=1S/C12H21N3O/c1-3-10(2)15-7-4-11(13-15)8-14-6-5-12(16)9-14/h4,7,10,12,16H,3,5-6,8-9H2,1-2H3/t10?,12-/m0/s1. The molecule has 0 aliphatic carbocycles. The number of hydrogen-bond acceptors (Lipinski definition) is 3. The SMILES string of the molecule is CCC(C)n1ccc(CN2CC[C@H](O)C2)n1. The summed E-state index contributed by atoms with van der Waals surface area (Å²) >= 11 is 0. The summed E-state index contributed by atoms with van der Waals surface area (Å²) in [5.41, 5.74) is 1.11. The summed E-state index contributed by atoms with van der Waals surface area (Å²) in [6.07, 6.45) is 3.91. The van der Waals surface area contributed by atoms with Crippen LogP contribution in [0.4, 0.5) is 0 Å². The molecule has 2 rings (SSSR count). The van der Waals surface area contributed by atoms with Crippen molar-refractivity contribution in [2.75, 3.05) is 13.1 Å². The Kier molecular flexibility index (Phi) is 3.61. The van der Waals surface area contributed by atoms with Gasteiger partial charge in [0, 0.05) is 31.9 Å². The Morgan fingerprint density at radius 1 is 1.62 bits per heavy atom. The van der Waals surface area contributed by atoms with Gasteiger partial charge in [0.2, 0.25) is 0 Å². The third kappa shape index (κ3) is 2.62. The van der Waals surface area contributed by atoms with Gasteiger partial charge in [-0.05, 0) is 25.8 Å². The van der Waals surface area contributed by atoms with Crippen molar-refractivity contribution in [2.45, 2.75) is 45.4 Å². The normalized spacial score (nSPS) is 23.8. The first-order valence-electron chi connectivity index (χ1n) is 6.13. The predicted molar refractivity (Wildman–Crippen MR) is 63.1 cm³/mol. The van der Waals surface area contributed by atoms with E-state index in [0.29, 0.717) is 6.04 Å². The summed E-state index contributed by atoms with van der Waals surface area (Å²) in [4.78, 5) is 2.26. The maximum absolute atomic E-state index is 9.44. The van der Waals surface area contributed by atoms with Crippen LogP contribution in [0.1, 0.15) is 38.4 Å². The molecule has 1 aliphatic heterocycles. The van der Waals surface area contributed by atoms with Crippen LogP contribution in [0.15, 0.2) is 12.3 Å². The minimum atomic E-state index is -0.142. The van der Waals surface area contributed by atoms with Crippen molar-refractivity contribution >= 4 is 0 Å². The van der Waals surface area contributed by atoms with E-state index in [1.54, 1.807) is 0 Å². The van der Waals surface area contributed by atoms with Crippen molar-refractivity contribution in [1.29, 1.82) is 0 Å². The molecule has 16 heavy (non-hydrogen) atoms. The average Bonchev–Trinajstić information content (AvgIpc) is 2.87. The fraction of sp³-hybridized carbons (Fsp3) is 0.750. The van der Waals surface area contributed by atoms with Gasteiger partial charge < -0.3 is 5.11 Å². The van der Waals surface area contributed by atoms with Crippen molar-refractivity contribution < 1.29 is 5.11 Å². The molecule has 0 saturated carbocycles. The fourth-order valence-corrected chi connectivity index (χ4v) is 2.08. The lowest BCUT2D eigenvalue weighted by Crippen LogP contribution is -2.21. The zero-order valence-electron chi connectivity index (χ0n) is 10.1. The van der Waals surface area contributed by atoms with Gasteiger partial charge in [-0.2, -0.15) is 5.10 Å². The first kappa shape index (κ1) is 11.6. The molecule has 4 heteroatoms. The topological polar surface area (TPSA) is 41.3 Å². The number of aliphatic hydroxyl groups is 1. The monoisotopic (exact) mass is 223 g/mol. The molecule has 0 bridgehead atoms. The van der Waals surface area contributed by atoms with Gasteiger partial charge in [0.25, 0.3) is 0 Å². The Morgan fingerprint density at radius 3 is 3.06 bits per heavy atom. The van der Waals surface area contributed by atoms with E-state index in [1.807, 2.05) is 4.68 Å². The van der Waals surface area contributed by atoms with Crippen molar-refractivity contribution in [1.82, 2.24) is 14.7 Å². The van der Waals surface area contributed by atoms with Gasteiger partial charge in [0.05, 0.1) is 11.8 Å². The van der Waals surface area contributed by atoms with Gasteiger partial charge in [-0.15, -0.1) is 0 Å². The number of aliphatic hydroxyl groups excluding tert-OH is 1. The highest BCUT2D eigenvalue weighted by atomic mass is 16.3. The highest BCUT2D eigenvalue weighted by Gasteiger charge is 2.20. The van der Waals surface area contributed by atoms with Gasteiger partial charge in [-0.1, -0.05) is 6.92 Å². The minimum absolute atomic E-state index is 0.142. The Labute approximate surface area is 96.9 Å². The summed E-state index contributed by atoms with van der Waals surface area (Å²) in [6, 6.07) is 2.55. The van der Waals surface area contributed by atoms with Crippen LogP contribution in [0.5, 0.6) is 0 Å². The van der Waals surface area contributed by atoms with E-state index in [9.17, 15) is 5.11 Å². The van der Waals surface area contributed by atoms with Gasteiger partial charge in [0.1, 0.15) is 0 Å². The molecule has 1 aliphatic rings. The first-order valence-corrected chi connectivity index (χ1v) is 6.13.